The van der Waals surface area contributed by atoms with Crippen molar-refractivity contribution >= 4 is 22.0 Å². The second kappa shape index (κ2) is 5.98. The first kappa shape index (κ1) is 16.3. The Morgan fingerprint density at radius 3 is 2.62 bits per heavy atom. The molecule has 1 aliphatic carbocycles. The Morgan fingerprint density at radius 1 is 1.12 bits per heavy atom. The molecular formula is C20H17NO5. The zero-order chi connectivity index (χ0) is 18.4. The first-order valence-corrected chi connectivity index (χ1v) is 8.60. The minimum atomic E-state index is -0.570. The summed E-state index contributed by atoms with van der Waals surface area (Å²) in [7, 11) is 0. The monoisotopic (exact) mass is 351 g/mol. The summed E-state index contributed by atoms with van der Waals surface area (Å²) in [4.78, 5) is 23.0. The van der Waals surface area contributed by atoms with Crippen LogP contribution in [0.15, 0.2) is 44.0 Å². The maximum atomic E-state index is 12.4. The molecule has 2 heterocycles. The number of non-ortho nitro benzene ring substituents is 1. The molecule has 0 amide bonds. The van der Waals surface area contributed by atoms with Crippen molar-refractivity contribution in [1.82, 2.24) is 0 Å². The number of hydrogen-bond acceptors (Lipinski definition) is 5. The number of hydrogen-bond donors (Lipinski definition) is 0. The number of benzene rings is 1. The summed E-state index contributed by atoms with van der Waals surface area (Å²) in [6.07, 6.45) is 4.11. The molecule has 0 fully saturated rings. The highest BCUT2D eigenvalue weighted by atomic mass is 16.6. The molecule has 6 nitrogen and oxygen atoms in total. The summed E-state index contributed by atoms with van der Waals surface area (Å²) >= 11 is 0. The van der Waals surface area contributed by atoms with Crippen LogP contribution in [-0.4, -0.2) is 4.92 Å². The van der Waals surface area contributed by atoms with Crippen molar-refractivity contribution in [2.24, 2.45) is 0 Å². The molecule has 2 aromatic heterocycles. The number of nitrogens with zero attached hydrogens (tertiary/aromatic N) is 1. The number of rotatable bonds is 3. The third kappa shape index (κ3) is 2.37. The molecule has 26 heavy (non-hydrogen) atoms. The van der Waals surface area contributed by atoms with Crippen LogP contribution in [0.3, 0.4) is 0 Å². The van der Waals surface area contributed by atoms with Crippen LogP contribution in [0.4, 0.5) is 5.69 Å². The highest BCUT2D eigenvalue weighted by Gasteiger charge is 2.26. The summed E-state index contributed by atoms with van der Waals surface area (Å²) in [5.41, 5.74) is 2.14. The molecule has 6 heteroatoms. The standard InChI is InChI=1S/C20H17NO5/c1-3-11-5-8-17-18(19-15(11)10-13(4-2)25-19)14-7-6-12(21(23)24)9-16(14)20(22)26-17/h5-7,9-10H,3-4,8H2,1-2H3. The van der Waals surface area contributed by atoms with Gasteiger partial charge in [0, 0.05) is 35.9 Å². The van der Waals surface area contributed by atoms with E-state index in [4.69, 9.17) is 8.83 Å². The van der Waals surface area contributed by atoms with E-state index in [9.17, 15) is 14.9 Å². The predicted molar refractivity (Wildman–Crippen MR) is 98.2 cm³/mol. The van der Waals surface area contributed by atoms with Crippen molar-refractivity contribution in [3.05, 3.63) is 68.0 Å². The summed E-state index contributed by atoms with van der Waals surface area (Å²) in [5.74, 6) is 2.05. The SMILES string of the molecule is CCC1=CCc2oc(=O)c3cc([N+](=O)[O-])ccc3c2-c2oc(CC)cc21. The van der Waals surface area contributed by atoms with Gasteiger partial charge < -0.3 is 8.83 Å². The Labute approximate surface area is 148 Å². The number of aryl methyl sites for hydroxylation is 1. The molecule has 0 saturated heterocycles. The van der Waals surface area contributed by atoms with Crippen LogP contribution < -0.4 is 5.63 Å². The fourth-order valence-corrected chi connectivity index (χ4v) is 3.49. The first-order valence-electron chi connectivity index (χ1n) is 8.60. The number of nitro groups is 1. The molecule has 3 aromatic rings. The second-order valence-corrected chi connectivity index (χ2v) is 6.27. The van der Waals surface area contributed by atoms with Gasteiger partial charge in [0.15, 0.2) is 0 Å². The largest absolute Gasteiger partial charge is 0.460 e. The van der Waals surface area contributed by atoms with Gasteiger partial charge in [0.2, 0.25) is 0 Å². The first-order chi connectivity index (χ1) is 12.5. The van der Waals surface area contributed by atoms with E-state index in [0.717, 1.165) is 29.7 Å². The molecule has 0 spiro atoms. The molecule has 0 atom stereocenters. The fourth-order valence-electron chi connectivity index (χ4n) is 3.49. The summed E-state index contributed by atoms with van der Waals surface area (Å²) < 4.78 is 11.6. The Hall–Kier alpha value is -3.15. The lowest BCUT2D eigenvalue weighted by Gasteiger charge is -2.08. The molecule has 0 unspecified atom stereocenters. The lowest BCUT2D eigenvalue weighted by atomic mass is 9.99. The van der Waals surface area contributed by atoms with Crippen molar-refractivity contribution in [2.75, 3.05) is 0 Å². The van der Waals surface area contributed by atoms with Gasteiger partial charge in [-0.2, -0.15) is 0 Å². The molecule has 132 valence electrons. The number of allylic oxidation sites excluding steroid dienone is 2. The normalized spacial score (nSPS) is 13.1. The summed E-state index contributed by atoms with van der Waals surface area (Å²) in [5, 5.41) is 11.9. The average molecular weight is 351 g/mol. The van der Waals surface area contributed by atoms with Gasteiger partial charge in [0.25, 0.3) is 5.69 Å². The fraction of sp³-hybridized carbons (Fsp3) is 0.250. The van der Waals surface area contributed by atoms with E-state index < -0.39 is 10.5 Å². The van der Waals surface area contributed by atoms with Crippen molar-refractivity contribution in [2.45, 2.75) is 33.1 Å². The van der Waals surface area contributed by atoms with Crippen LogP contribution in [0.1, 0.15) is 37.4 Å². The smallest absolute Gasteiger partial charge is 0.344 e. The van der Waals surface area contributed by atoms with E-state index in [0.29, 0.717) is 28.9 Å². The van der Waals surface area contributed by atoms with E-state index >= 15 is 0 Å². The lowest BCUT2D eigenvalue weighted by Crippen LogP contribution is -2.05. The number of furan rings is 1. The maximum Gasteiger partial charge on any atom is 0.344 e. The average Bonchev–Trinajstić information content (AvgIpc) is 3.00. The molecule has 0 saturated carbocycles. The van der Waals surface area contributed by atoms with Crippen LogP contribution in [0.25, 0.3) is 27.7 Å². The van der Waals surface area contributed by atoms with E-state index in [2.05, 4.69) is 13.0 Å². The van der Waals surface area contributed by atoms with E-state index in [-0.39, 0.29) is 11.1 Å². The van der Waals surface area contributed by atoms with E-state index in [1.165, 1.54) is 12.1 Å². The van der Waals surface area contributed by atoms with Crippen LogP contribution in [0, 0.1) is 10.1 Å². The van der Waals surface area contributed by atoms with E-state index in [1.54, 1.807) is 6.07 Å². The Bertz CT molecular complexity index is 1130. The van der Waals surface area contributed by atoms with Gasteiger partial charge in [-0.15, -0.1) is 0 Å². The summed E-state index contributed by atoms with van der Waals surface area (Å²) in [6.45, 7) is 4.09. The van der Waals surface area contributed by atoms with Crippen LogP contribution >= 0.6 is 0 Å². The highest BCUT2D eigenvalue weighted by Crippen LogP contribution is 2.41. The third-order valence-corrected chi connectivity index (χ3v) is 4.82. The van der Waals surface area contributed by atoms with Gasteiger partial charge in [-0.1, -0.05) is 19.9 Å². The van der Waals surface area contributed by atoms with Gasteiger partial charge in [0.1, 0.15) is 17.3 Å². The topological polar surface area (TPSA) is 86.5 Å². The Kier molecular flexibility index (Phi) is 3.76. The zero-order valence-electron chi connectivity index (χ0n) is 14.5. The van der Waals surface area contributed by atoms with Crippen molar-refractivity contribution in [3.63, 3.8) is 0 Å². The van der Waals surface area contributed by atoms with Gasteiger partial charge in [-0.05, 0) is 24.1 Å². The summed E-state index contributed by atoms with van der Waals surface area (Å²) in [6, 6.07) is 6.31. The van der Waals surface area contributed by atoms with Gasteiger partial charge in [-0.25, -0.2) is 4.79 Å². The highest BCUT2D eigenvalue weighted by molar-refractivity contribution is 5.99. The molecule has 1 aliphatic rings. The van der Waals surface area contributed by atoms with Crippen LogP contribution in [0.2, 0.25) is 0 Å². The van der Waals surface area contributed by atoms with Gasteiger partial charge in [-0.3, -0.25) is 10.1 Å². The predicted octanol–water partition coefficient (Wildman–Crippen LogP) is 4.87. The third-order valence-electron chi connectivity index (χ3n) is 4.82. The van der Waals surface area contributed by atoms with Crippen molar-refractivity contribution in [1.29, 1.82) is 0 Å². The number of nitro benzene ring substituents is 1. The number of fused-ring (bicyclic) bond motifs is 5. The Balaban J connectivity index is 2.10. The van der Waals surface area contributed by atoms with E-state index in [1.807, 2.05) is 13.0 Å². The lowest BCUT2D eigenvalue weighted by molar-refractivity contribution is -0.384. The maximum absolute atomic E-state index is 12.4. The quantitative estimate of drug-likeness (QED) is 0.496. The molecule has 0 N–H and O–H groups in total. The van der Waals surface area contributed by atoms with Crippen LogP contribution in [-0.2, 0) is 12.8 Å². The zero-order valence-corrected chi connectivity index (χ0v) is 14.5. The van der Waals surface area contributed by atoms with Crippen molar-refractivity contribution < 1.29 is 13.8 Å². The molecule has 4 rings (SSSR count). The Morgan fingerprint density at radius 2 is 1.92 bits per heavy atom. The molecule has 0 radical (unpaired) electrons. The van der Waals surface area contributed by atoms with Crippen molar-refractivity contribution in [3.8, 4) is 11.3 Å². The second-order valence-electron chi connectivity index (χ2n) is 6.27. The van der Waals surface area contributed by atoms with Gasteiger partial charge in [0.05, 0.1) is 15.9 Å². The molecule has 0 aliphatic heterocycles. The van der Waals surface area contributed by atoms with Crippen LogP contribution in [0.5, 0.6) is 0 Å². The minimum Gasteiger partial charge on any atom is -0.460 e. The van der Waals surface area contributed by atoms with Gasteiger partial charge >= 0.3 is 5.63 Å². The molecular weight excluding hydrogens is 334 g/mol. The molecule has 1 aromatic carbocycles. The molecule has 0 bridgehead atoms. The minimum absolute atomic E-state index is 0.139.